The van der Waals surface area contributed by atoms with Crippen molar-refractivity contribution < 1.29 is 4.92 Å². The molecule has 1 N–H and O–H groups in total. The van der Waals surface area contributed by atoms with Gasteiger partial charge >= 0.3 is 0 Å². The molecule has 0 bridgehead atoms. The minimum Gasteiger partial charge on any atom is -0.304 e. The van der Waals surface area contributed by atoms with Gasteiger partial charge in [-0.15, -0.1) is 0 Å². The molecule has 0 aromatic heterocycles. The van der Waals surface area contributed by atoms with Crippen LogP contribution in [0.25, 0.3) is 0 Å². The molecule has 1 saturated carbocycles. The highest BCUT2D eigenvalue weighted by Gasteiger charge is 2.23. The number of nitro benzene ring substituents is 1. The molecule has 4 nitrogen and oxygen atoms in total. The summed E-state index contributed by atoms with van der Waals surface area (Å²) in [5.41, 5.74) is 1.52. The Balaban J connectivity index is 2.15. The van der Waals surface area contributed by atoms with Crippen molar-refractivity contribution in [3.05, 3.63) is 39.9 Å². The molecule has 2 rings (SSSR count). The Kier molecular flexibility index (Phi) is 2.49. The second-order valence-corrected chi connectivity index (χ2v) is 3.85. The number of non-ortho nitro benzene ring substituents is 1. The van der Waals surface area contributed by atoms with Crippen LogP contribution < -0.4 is 0 Å². The van der Waals surface area contributed by atoms with E-state index in [4.69, 9.17) is 5.41 Å². The Morgan fingerprint density at radius 1 is 1.33 bits per heavy atom. The quantitative estimate of drug-likeness (QED) is 0.467. The van der Waals surface area contributed by atoms with Gasteiger partial charge in [-0.05, 0) is 30.5 Å². The number of rotatable bonds is 3. The van der Waals surface area contributed by atoms with E-state index in [0.29, 0.717) is 11.6 Å². The molecule has 0 unspecified atom stereocenters. The average Bonchev–Trinajstić information content (AvgIpc) is 2.15. The number of benzene rings is 1. The number of nitro groups is 1. The maximum absolute atomic E-state index is 10.4. The molecule has 1 aromatic rings. The van der Waals surface area contributed by atoms with Crippen molar-refractivity contribution in [1.82, 2.24) is 0 Å². The highest BCUT2D eigenvalue weighted by atomic mass is 16.6. The first kappa shape index (κ1) is 9.83. The Labute approximate surface area is 87.6 Å². The van der Waals surface area contributed by atoms with Gasteiger partial charge in [0.25, 0.3) is 5.69 Å². The third-order valence-corrected chi connectivity index (χ3v) is 2.90. The smallest absolute Gasteiger partial charge is 0.269 e. The maximum Gasteiger partial charge on any atom is 0.269 e. The van der Waals surface area contributed by atoms with Crippen LogP contribution in [-0.4, -0.2) is 10.6 Å². The van der Waals surface area contributed by atoms with Crippen LogP contribution in [0.5, 0.6) is 0 Å². The van der Waals surface area contributed by atoms with E-state index in [1.54, 1.807) is 12.1 Å². The summed E-state index contributed by atoms with van der Waals surface area (Å²) >= 11 is 0. The summed E-state index contributed by atoms with van der Waals surface area (Å²) in [6.07, 6.45) is 3.35. The van der Waals surface area contributed by atoms with E-state index in [2.05, 4.69) is 0 Å². The van der Waals surface area contributed by atoms with Crippen LogP contribution >= 0.6 is 0 Å². The third kappa shape index (κ3) is 1.88. The van der Waals surface area contributed by atoms with Gasteiger partial charge in [-0.3, -0.25) is 10.1 Å². The molecule has 0 aliphatic heterocycles. The van der Waals surface area contributed by atoms with Crippen molar-refractivity contribution in [2.45, 2.75) is 19.3 Å². The van der Waals surface area contributed by atoms with Gasteiger partial charge in [0.15, 0.2) is 0 Å². The zero-order valence-electron chi connectivity index (χ0n) is 8.27. The predicted octanol–water partition coefficient (Wildman–Crippen LogP) is 2.76. The second kappa shape index (κ2) is 3.81. The standard InChI is InChI=1S/C11H12N2O2/c12-11(8-2-1-3-8)9-4-6-10(7-5-9)13(14)15/h4-8,12H,1-3H2. The number of nitrogens with one attached hydrogen (secondary N) is 1. The van der Waals surface area contributed by atoms with Crippen LogP contribution in [0.2, 0.25) is 0 Å². The normalized spacial score (nSPS) is 15.7. The van der Waals surface area contributed by atoms with Crippen LogP contribution in [0.15, 0.2) is 24.3 Å². The first-order chi connectivity index (χ1) is 7.18. The summed E-state index contributed by atoms with van der Waals surface area (Å²) in [5, 5.41) is 18.3. The topological polar surface area (TPSA) is 67.0 Å². The van der Waals surface area contributed by atoms with Gasteiger partial charge in [0.05, 0.1) is 4.92 Å². The zero-order valence-corrected chi connectivity index (χ0v) is 8.27. The molecule has 0 amide bonds. The summed E-state index contributed by atoms with van der Waals surface area (Å²) in [5.74, 6) is 0.367. The Hall–Kier alpha value is -1.71. The summed E-state index contributed by atoms with van der Waals surface area (Å²) < 4.78 is 0. The van der Waals surface area contributed by atoms with E-state index in [-0.39, 0.29) is 5.69 Å². The lowest BCUT2D eigenvalue weighted by atomic mass is 9.79. The molecular weight excluding hydrogens is 192 g/mol. The molecule has 4 heteroatoms. The minimum absolute atomic E-state index is 0.0835. The molecule has 1 aromatic carbocycles. The van der Waals surface area contributed by atoms with E-state index < -0.39 is 4.92 Å². The van der Waals surface area contributed by atoms with Gasteiger partial charge < -0.3 is 5.41 Å². The molecule has 0 radical (unpaired) electrons. The molecule has 15 heavy (non-hydrogen) atoms. The zero-order chi connectivity index (χ0) is 10.8. The van der Waals surface area contributed by atoms with Crippen LogP contribution in [-0.2, 0) is 0 Å². The molecular formula is C11H12N2O2. The second-order valence-electron chi connectivity index (χ2n) is 3.85. The summed E-state index contributed by atoms with van der Waals surface area (Å²) in [6.45, 7) is 0. The SMILES string of the molecule is N=C(c1ccc([N+](=O)[O-])cc1)C1CCC1. The van der Waals surface area contributed by atoms with Crippen molar-refractivity contribution in [1.29, 1.82) is 5.41 Å². The Bertz CT molecular complexity index is 394. The van der Waals surface area contributed by atoms with Crippen LogP contribution in [0.1, 0.15) is 24.8 Å². The van der Waals surface area contributed by atoms with E-state index >= 15 is 0 Å². The summed E-state index contributed by atoms with van der Waals surface area (Å²) in [4.78, 5) is 10.0. The van der Waals surface area contributed by atoms with Crippen LogP contribution in [0, 0.1) is 21.4 Å². The number of nitrogens with zero attached hydrogens (tertiary/aromatic N) is 1. The van der Waals surface area contributed by atoms with Crippen molar-refractivity contribution in [3.63, 3.8) is 0 Å². The first-order valence-corrected chi connectivity index (χ1v) is 5.02. The summed E-state index contributed by atoms with van der Waals surface area (Å²) in [7, 11) is 0. The third-order valence-electron chi connectivity index (χ3n) is 2.90. The first-order valence-electron chi connectivity index (χ1n) is 5.02. The number of hydrogen-bond donors (Lipinski definition) is 1. The lowest BCUT2D eigenvalue weighted by Crippen LogP contribution is -2.21. The lowest BCUT2D eigenvalue weighted by Gasteiger charge is -2.26. The Morgan fingerprint density at radius 3 is 2.33 bits per heavy atom. The van der Waals surface area contributed by atoms with Crippen molar-refractivity contribution >= 4 is 11.4 Å². The summed E-state index contributed by atoms with van der Waals surface area (Å²) in [6, 6.07) is 6.25. The van der Waals surface area contributed by atoms with Gasteiger partial charge in [-0.2, -0.15) is 0 Å². The van der Waals surface area contributed by atoms with E-state index in [1.807, 2.05) is 0 Å². The van der Waals surface area contributed by atoms with Gasteiger partial charge in [0, 0.05) is 23.8 Å². The average molecular weight is 204 g/mol. The molecule has 78 valence electrons. The van der Waals surface area contributed by atoms with Crippen LogP contribution in [0.3, 0.4) is 0 Å². The van der Waals surface area contributed by atoms with E-state index in [1.165, 1.54) is 18.6 Å². The molecule has 1 aliphatic carbocycles. The monoisotopic (exact) mass is 204 g/mol. The lowest BCUT2D eigenvalue weighted by molar-refractivity contribution is -0.384. The largest absolute Gasteiger partial charge is 0.304 e. The minimum atomic E-state index is -0.420. The molecule has 0 atom stereocenters. The van der Waals surface area contributed by atoms with Crippen LogP contribution in [0.4, 0.5) is 5.69 Å². The van der Waals surface area contributed by atoms with Crippen molar-refractivity contribution in [3.8, 4) is 0 Å². The molecule has 1 aliphatic rings. The van der Waals surface area contributed by atoms with E-state index in [0.717, 1.165) is 18.4 Å². The Morgan fingerprint density at radius 2 is 1.93 bits per heavy atom. The van der Waals surface area contributed by atoms with Gasteiger partial charge in [-0.25, -0.2) is 0 Å². The number of hydrogen-bond acceptors (Lipinski definition) is 3. The molecule has 0 saturated heterocycles. The van der Waals surface area contributed by atoms with Gasteiger partial charge in [0.2, 0.25) is 0 Å². The fourth-order valence-electron chi connectivity index (χ4n) is 1.70. The fourth-order valence-corrected chi connectivity index (χ4v) is 1.70. The fraction of sp³-hybridized carbons (Fsp3) is 0.364. The molecule has 0 heterocycles. The van der Waals surface area contributed by atoms with E-state index in [9.17, 15) is 10.1 Å². The highest BCUT2D eigenvalue weighted by molar-refractivity contribution is 6.00. The van der Waals surface area contributed by atoms with Gasteiger partial charge in [0.1, 0.15) is 0 Å². The highest BCUT2D eigenvalue weighted by Crippen LogP contribution is 2.30. The van der Waals surface area contributed by atoms with Gasteiger partial charge in [-0.1, -0.05) is 6.42 Å². The predicted molar refractivity (Wildman–Crippen MR) is 57.3 cm³/mol. The maximum atomic E-state index is 10.4. The van der Waals surface area contributed by atoms with Crippen molar-refractivity contribution in [2.24, 2.45) is 5.92 Å². The molecule has 1 fully saturated rings. The molecule has 0 spiro atoms. The van der Waals surface area contributed by atoms with Crippen molar-refractivity contribution in [2.75, 3.05) is 0 Å².